The van der Waals surface area contributed by atoms with Gasteiger partial charge in [-0.1, -0.05) is 219 Å². The van der Waals surface area contributed by atoms with Gasteiger partial charge >= 0.3 is 0 Å². The Balaban J connectivity index is 0.924. The van der Waals surface area contributed by atoms with Crippen molar-refractivity contribution in [3.05, 3.63) is 277 Å². The molecule has 69 heavy (non-hydrogen) atoms. The normalized spacial score (nSPS) is 17.2. The van der Waals surface area contributed by atoms with E-state index in [2.05, 4.69) is 266 Å². The first kappa shape index (κ1) is 41.4. The number of thiophene rings is 1. The Morgan fingerprint density at radius 2 is 1.19 bits per heavy atom. The number of rotatable bonds is 9. The van der Waals surface area contributed by atoms with Crippen molar-refractivity contribution in [2.75, 3.05) is 10.2 Å². The highest BCUT2D eigenvalue weighted by molar-refractivity contribution is 7.26. The van der Waals surface area contributed by atoms with Crippen LogP contribution in [0.5, 0.6) is 0 Å². The second-order valence-electron chi connectivity index (χ2n) is 18.7. The minimum atomic E-state index is -2.82. The van der Waals surface area contributed by atoms with E-state index in [-0.39, 0.29) is 18.0 Å². The van der Waals surface area contributed by atoms with Crippen LogP contribution in [0.1, 0.15) is 41.5 Å². The zero-order chi connectivity index (χ0) is 45.9. The number of benzene rings is 9. The second kappa shape index (κ2) is 17.1. The van der Waals surface area contributed by atoms with Gasteiger partial charge < -0.3 is 10.2 Å². The second-order valence-corrected chi connectivity index (χ2v) is 23.6. The highest BCUT2D eigenvalue weighted by Gasteiger charge is 2.42. The molecule has 3 unspecified atom stereocenters. The van der Waals surface area contributed by atoms with Crippen molar-refractivity contribution in [2.45, 2.75) is 25.4 Å². The molecule has 1 aliphatic heterocycles. The third kappa shape index (κ3) is 6.81. The fraction of sp³-hybridized carbons (Fsp3) is 0.0769. The lowest BCUT2D eigenvalue weighted by molar-refractivity contribution is 0.648. The van der Waals surface area contributed by atoms with Crippen molar-refractivity contribution in [3.63, 3.8) is 0 Å². The first-order chi connectivity index (χ1) is 34.2. The minimum Gasteiger partial charge on any atom is -0.363 e. The van der Waals surface area contributed by atoms with Crippen molar-refractivity contribution in [2.24, 2.45) is 5.92 Å². The summed E-state index contributed by atoms with van der Waals surface area (Å²) in [6, 6.07) is 84.8. The molecule has 0 radical (unpaired) electrons. The smallest absolute Gasteiger partial charge is 0.179 e. The molecule has 0 bridgehead atoms. The summed E-state index contributed by atoms with van der Waals surface area (Å²) in [4.78, 5) is 2.51. The molecule has 3 atom stereocenters. The molecule has 0 amide bonds. The van der Waals surface area contributed by atoms with Crippen molar-refractivity contribution in [1.82, 2.24) is 0 Å². The average Bonchev–Trinajstić information content (AvgIpc) is 3.99. The van der Waals surface area contributed by atoms with E-state index in [4.69, 9.17) is 0 Å². The molecule has 2 aliphatic carbocycles. The molecule has 0 spiro atoms. The fourth-order valence-electron chi connectivity index (χ4n) is 11.9. The molecule has 2 heterocycles. The molecule has 3 aliphatic rings. The topological polar surface area (TPSA) is 15.3 Å². The Morgan fingerprint density at radius 3 is 1.97 bits per heavy atom. The van der Waals surface area contributed by atoms with Gasteiger partial charge in [0.2, 0.25) is 0 Å². The Bertz CT molecular complexity index is 3610. The Labute approximate surface area is 409 Å². The zero-order valence-corrected chi connectivity index (χ0v) is 40.3. The third-order valence-electron chi connectivity index (χ3n) is 15.0. The van der Waals surface area contributed by atoms with E-state index < -0.39 is 8.07 Å². The van der Waals surface area contributed by atoms with Crippen molar-refractivity contribution in [3.8, 4) is 11.1 Å². The Morgan fingerprint density at radius 1 is 0.522 bits per heavy atom. The van der Waals surface area contributed by atoms with E-state index in [0.29, 0.717) is 0 Å². The van der Waals surface area contributed by atoms with E-state index in [1.54, 1.807) is 0 Å². The lowest BCUT2D eigenvalue weighted by Gasteiger charge is -2.38. The largest absolute Gasteiger partial charge is 0.363 e. The monoisotopic (exact) mass is 918 g/mol. The summed E-state index contributed by atoms with van der Waals surface area (Å²) < 4.78 is 2.67. The van der Waals surface area contributed by atoms with E-state index >= 15 is 0 Å². The molecule has 330 valence electrons. The quantitative estimate of drug-likeness (QED) is 0.115. The molecule has 1 aromatic heterocycles. The predicted molar refractivity (Wildman–Crippen MR) is 297 cm³/mol. The summed E-state index contributed by atoms with van der Waals surface area (Å²) in [5.41, 5.74) is 14.0. The Kier molecular flexibility index (Phi) is 10.3. The average molecular weight is 919 g/mol. The number of nitrogens with zero attached hydrogens (tertiary/aromatic N) is 1. The number of hydrogen-bond acceptors (Lipinski definition) is 3. The molecular formula is C65H50N2SSi. The maximum absolute atomic E-state index is 3.88. The van der Waals surface area contributed by atoms with Gasteiger partial charge in [0, 0.05) is 37.7 Å². The van der Waals surface area contributed by atoms with Gasteiger partial charge in [-0.05, 0) is 108 Å². The molecule has 1 N–H and O–H groups in total. The highest BCUT2D eigenvalue weighted by atomic mass is 32.1. The van der Waals surface area contributed by atoms with Gasteiger partial charge in [0.25, 0.3) is 0 Å². The predicted octanol–water partition coefficient (Wildman–Crippen LogP) is 14.1. The van der Waals surface area contributed by atoms with Gasteiger partial charge in [-0.3, -0.25) is 0 Å². The number of anilines is 3. The molecule has 0 fully saturated rings. The third-order valence-corrected chi connectivity index (χ3v) is 20.9. The molecule has 0 saturated heterocycles. The van der Waals surface area contributed by atoms with Crippen LogP contribution >= 0.6 is 11.3 Å². The van der Waals surface area contributed by atoms with Crippen LogP contribution in [0.4, 0.5) is 17.1 Å². The summed E-state index contributed by atoms with van der Waals surface area (Å²) in [6.45, 7) is 2.27. The van der Waals surface area contributed by atoms with Crippen LogP contribution in [0, 0.1) is 5.92 Å². The van der Waals surface area contributed by atoms with Crippen molar-refractivity contribution in [1.29, 1.82) is 0 Å². The fourth-order valence-corrected chi connectivity index (χ4v) is 17.8. The number of allylic oxidation sites excluding steroid dienone is 5. The molecule has 0 saturated carbocycles. The summed E-state index contributed by atoms with van der Waals surface area (Å²) in [5.74, 6) is 0.318. The van der Waals surface area contributed by atoms with Crippen LogP contribution in [-0.4, -0.2) is 14.2 Å². The minimum absolute atomic E-state index is 0.148. The molecule has 9 aromatic carbocycles. The van der Waals surface area contributed by atoms with E-state index in [0.717, 1.165) is 6.42 Å². The number of fused-ring (bicyclic) bond motifs is 6. The molecule has 2 nitrogen and oxygen atoms in total. The van der Waals surface area contributed by atoms with Crippen LogP contribution in [0.25, 0.3) is 36.9 Å². The van der Waals surface area contributed by atoms with Crippen molar-refractivity contribution >= 4 is 83.0 Å². The number of nitrogens with one attached hydrogen (secondary N) is 1. The summed E-state index contributed by atoms with van der Waals surface area (Å²) in [7, 11) is -2.82. The van der Waals surface area contributed by atoms with Crippen LogP contribution in [-0.2, 0) is 0 Å². The summed E-state index contributed by atoms with van der Waals surface area (Å²) >= 11 is 1.89. The van der Waals surface area contributed by atoms with Crippen LogP contribution in [0.2, 0.25) is 0 Å². The number of hydrogen-bond donors (Lipinski definition) is 1. The van der Waals surface area contributed by atoms with Crippen molar-refractivity contribution < 1.29 is 0 Å². The maximum Gasteiger partial charge on any atom is 0.179 e. The maximum atomic E-state index is 3.88. The van der Waals surface area contributed by atoms with Gasteiger partial charge in [0.05, 0.1) is 11.4 Å². The van der Waals surface area contributed by atoms with Crippen LogP contribution < -0.4 is 31.0 Å². The van der Waals surface area contributed by atoms with E-state index in [1.807, 2.05) is 11.3 Å². The van der Waals surface area contributed by atoms with E-state index in [9.17, 15) is 0 Å². The van der Waals surface area contributed by atoms with Gasteiger partial charge in [-0.25, -0.2) is 0 Å². The zero-order valence-electron chi connectivity index (χ0n) is 38.5. The first-order valence-corrected chi connectivity index (χ1v) is 27.2. The SMILES string of the molecule is CCC1Nc2cc(-c3ccccc3)ccc2N1c1cccc(C2c3ccccc3C(c3ccc([Si](c4ccccc4)(c4ccccc4)c4ccc5sc6ccccc6c5c4)cc3)=C3C=CC=CC32)c1. The van der Waals surface area contributed by atoms with Gasteiger partial charge in [0.15, 0.2) is 8.07 Å². The molecule has 4 heteroatoms. The highest BCUT2D eigenvalue weighted by Crippen LogP contribution is 2.51. The van der Waals surface area contributed by atoms with Gasteiger partial charge in [0.1, 0.15) is 6.17 Å². The van der Waals surface area contributed by atoms with E-state index in [1.165, 1.54) is 103 Å². The lowest BCUT2D eigenvalue weighted by Crippen LogP contribution is -2.74. The van der Waals surface area contributed by atoms with Gasteiger partial charge in [-0.15, -0.1) is 11.3 Å². The van der Waals surface area contributed by atoms with Crippen LogP contribution in [0.3, 0.4) is 0 Å². The summed E-state index contributed by atoms with van der Waals surface area (Å²) in [6.07, 6.45) is 10.4. The molecule has 10 aromatic rings. The standard InChI is InChI=1S/C65H50N2SSi/c1-2-63-66-59-42-46(44-19-6-3-7-20-44)35-39-60(59)67(63)48-22-18-21-47(41-48)65-56-30-14-12-28-54(56)64(55-29-13-15-31-57(55)65)45-33-36-51(37-34-45)69(49-23-8-4-9-24-49,50-25-10-5-11-26-50)52-38-40-62-58(43-52)53-27-16-17-32-61(53)68-62/h3-43,56,63,65-66H,2H2,1H3. The lowest BCUT2D eigenvalue weighted by atomic mass is 9.66. The Hall–Kier alpha value is -7.76. The van der Waals surface area contributed by atoms with Gasteiger partial charge in [-0.2, -0.15) is 0 Å². The van der Waals surface area contributed by atoms with Crippen LogP contribution in [0.15, 0.2) is 254 Å². The molecule has 13 rings (SSSR count). The molecular weight excluding hydrogens is 869 g/mol. The summed E-state index contributed by atoms with van der Waals surface area (Å²) in [5, 5.41) is 12.1. The first-order valence-electron chi connectivity index (χ1n) is 24.3.